The summed E-state index contributed by atoms with van der Waals surface area (Å²) in [6.07, 6.45) is 0. The van der Waals surface area contributed by atoms with Crippen LogP contribution in [-0.2, 0) is 0 Å². The topological polar surface area (TPSA) is 54.9 Å². The number of thiazole rings is 1. The van der Waals surface area contributed by atoms with Crippen LogP contribution in [0, 0.1) is 0 Å². The van der Waals surface area contributed by atoms with Crippen LogP contribution in [0.1, 0.15) is 9.80 Å². The average molecular weight is 363 g/mol. The van der Waals surface area contributed by atoms with Crippen LogP contribution in [0.4, 0.5) is 5.82 Å². The van der Waals surface area contributed by atoms with Crippen LogP contribution in [0.15, 0.2) is 32.8 Å². The third-order valence-corrected chi connectivity index (χ3v) is 3.62. The van der Waals surface area contributed by atoms with E-state index in [1.165, 1.54) is 11.3 Å². The number of pyridine rings is 1. The van der Waals surface area contributed by atoms with Crippen molar-refractivity contribution in [2.75, 3.05) is 5.32 Å². The Morgan fingerprint density at radius 2 is 2.06 bits per heavy atom. The molecular formula is C9H5Br2N3OS. The van der Waals surface area contributed by atoms with Crippen LogP contribution < -0.4 is 5.32 Å². The van der Waals surface area contributed by atoms with Gasteiger partial charge in [-0.15, -0.1) is 11.3 Å². The minimum Gasteiger partial charge on any atom is -0.304 e. The number of halogens is 2. The fourth-order valence-electron chi connectivity index (χ4n) is 1.01. The maximum Gasteiger partial charge on any atom is 0.285 e. The molecule has 0 bridgehead atoms. The van der Waals surface area contributed by atoms with E-state index in [4.69, 9.17) is 0 Å². The molecule has 0 aromatic carbocycles. The van der Waals surface area contributed by atoms with Crippen molar-refractivity contribution in [2.45, 2.75) is 0 Å². The van der Waals surface area contributed by atoms with Crippen molar-refractivity contribution in [2.24, 2.45) is 0 Å². The van der Waals surface area contributed by atoms with E-state index in [2.05, 4.69) is 47.1 Å². The first-order valence-corrected chi connectivity index (χ1v) is 6.66. The van der Waals surface area contributed by atoms with Crippen molar-refractivity contribution in [3.63, 3.8) is 0 Å². The molecule has 0 aliphatic rings. The SMILES string of the molecule is O=C(Nc1cccc(Br)n1)c1nc(Br)cs1. The second-order valence-corrected chi connectivity index (χ2v) is 5.26. The van der Waals surface area contributed by atoms with Gasteiger partial charge in [0.25, 0.3) is 5.91 Å². The van der Waals surface area contributed by atoms with Gasteiger partial charge in [-0.3, -0.25) is 4.79 Å². The van der Waals surface area contributed by atoms with Gasteiger partial charge in [-0.1, -0.05) is 6.07 Å². The first-order chi connectivity index (χ1) is 7.65. The Bertz CT molecular complexity index is 529. The molecule has 1 amide bonds. The molecule has 4 nitrogen and oxygen atoms in total. The highest BCUT2D eigenvalue weighted by Crippen LogP contribution is 2.16. The number of carbonyl (C=O) groups excluding carboxylic acids is 1. The van der Waals surface area contributed by atoms with Crippen molar-refractivity contribution in [1.82, 2.24) is 9.97 Å². The Labute approximate surface area is 112 Å². The van der Waals surface area contributed by atoms with Crippen molar-refractivity contribution in [3.8, 4) is 0 Å². The Morgan fingerprint density at radius 1 is 1.25 bits per heavy atom. The second-order valence-electron chi connectivity index (χ2n) is 2.78. The number of aromatic nitrogens is 2. The van der Waals surface area contributed by atoms with Gasteiger partial charge in [0.15, 0.2) is 5.01 Å². The van der Waals surface area contributed by atoms with Crippen LogP contribution in [0.2, 0.25) is 0 Å². The van der Waals surface area contributed by atoms with Gasteiger partial charge in [-0.05, 0) is 44.0 Å². The third-order valence-electron chi connectivity index (χ3n) is 1.63. The molecule has 0 fully saturated rings. The lowest BCUT2D eigenvalue weighted by Gasteiger charge is -2.01. The van der Waals surface area contributed by atoms with Gasteiger partial charge in [-0.2, -0.15) is 0 Å². The number of nitrogens with zero attached hydrogens (tertiary/aromatic N) is 2. The normalized spacial score (nSPS) is 10.1. The molecule has 2 aromatic heterocycles. The molecule has 0 saturated carbocycles. The zero-order valence-corrected chi connectivity index (χ0v) is 11.8. The summed E-state index contributed by atoms with van der Waals surface area (Å²) < 4.78 is 1.33. The van der Waals surface area contributed by atoms with E-state index in [-0.39, 0.29) is 5.91 Å². The standard InChI is InChI=1S/C9H5Br2N3OS/c10-5-2-1-3-7(12-5)14-8(15)9-13-6(11)4-16-9/h1-4H,(H,12,14,15). The quantitative estimate of drug-likeness (QED) is 0.834. The van der Waals surface area contributed by atoms with Crippen LogP contribution in [-0.4, -0.2) is 15.9 Å². The summed E-state index contributed by atoms with van der Waals surface area (Å²) >= 11 is 7.69. The fourth-order valence-corrected chi connectivity index (χ4v) is 2.50. The fraction of sp³-hybridized carbons (Fsp3) is 0. The van der Waals surface area contributed by atoms with Gasteiger partial charge in [0.05, 0.1) is 0 Å². The maximum absolute atomic E-state index is 11.7. The molecule has 0 aliphatic carbocycles. The minimum atomic E-state index is -0.263. The van der Waals surface area contributed by atoms with Crippen molar-refractivity contribution in [3.05, 3.63) is 37.8 Å². The predicted octanol–water partition coefficient (Wildman–Crippen LogP) is 3.32. The lowest BCUT2D eigenvalue weighted by Crippen LogP contribution is -2.12. The molecule has 16 heavy (non-hydrogen) atoms. The van der Waals surface area contributed by atoms with E-state index < -0.39 is 0 Å². The minimum absolute atomic E-state index is 0.263. The summed E-state index contributed by atoms with van der Waals surface area (Å²) in [5, 5.41) is 4.81. The molecule has 2 rings (SSSR count). The van der Waals surface area contributed by atoms with Gasteiger partial charge < -0.3 is 5.32 Å². The largest absolute Gasteiger partial charge is 0.304 e. The van der Waals surface area contributed by atoms with E-state index in [1.54, 1.807) is 23.6 Å². The van der Waals surface area contributed by atoms with E-state index in [9.17, 15) is 4.79 Å². The highest BCUT2D eigenvalue weighted by atomic mass is 79.9. The third kappa shape index (κ3) is 2.87. The van der Waals surface area contributed by atoms with Gasteiger partial charge in [0.2, 0.25) is 0 Å². The highest BCUT2D eigenvalue weighted by molar-refractivity contribution is 9.10. The molecule has 0 saturated heterocycles. The number of rotatable bonds is 2. The first-order valence-electron chi connectivity index (χ1n) is 4.20. The van der Waals surface area contributed by atoms with Gasteiger partial charge in [0.1, 0.15) is 15.0 Å². The summed E-state index contributed by atoms with van der Waals surface area (Å²) in [7, 11) is 0. The van der Waals surface area contributed by atoms with Gasteiger partial charge in [0, 0.05) is 5.38 Å². The molecule has 2 heterocycles. The summed E-state index contributed by atoms with van der Waals surface area (Å²) in [5.74, 6) is 0.229. The zero-order chi connectivity index (χ0) is 11.5. The smallest absolute Gasteiger partial charge is 0.285 e. The zero-order valence-electron chi connectivity index (χ0n) is 7.78. The second kappa shape index (κ2) is 5.03. The average Bonchev–Trinajstić information content (AvgIpc) is 2.65. The summed E-state index contributed by atoms with van der Waals surface area (Å²) in [6, 6.07) is 5.30. The lowest BCUT2D eigenvalue weighted by molar-refractivity contribution is 0.102. The predicted molar refractivity (Wildman–Crippen MR) is 69.7 cm³/mol. The molecule has 82 valence electrons. The Morgan fingerprint density at radius 3 is 2.69 bits per heavy atom. The van der Waals surface area contributed by atoms with E-state index in [1.807, 2.05) is 0 Å². The van der Waals surface area contributed by atoms with Gasteiger partial charge in [-0.25, -0.2) is 9.97 Å². The van der Waals surface area contributed by atoms with E-state index in [0.717, 1.165) is 0 Å². The van der Waals surface area contributed by atoms with Gasteiger partial charge >= 0.3 is 0 Å². The molecule has 0 unspecified atom stereocenters. The highest BCUT2D eigenvalue weighted by Gasteiger charge is 2.10. The number of nitrogens with one attached hydrogen (secondary N) is 1. The van der Waals surface area contributed by atoms with E-state index >= 15 is 0 Å². The van der Waals surface area contributed by atoms with Crippen LogP contribution in [0.5, 0.6) is 0 Å². The molecule has 7 heteroatoms. The molecule has 1 N–H and O–H groups in total. The number of hydrogen-bond donors (Lipinski definition) is 1. The number of anilines is 1. The Kier molecular flexibility index (Phi) is 3.67. The number of hydrogen-bond acceptors (Lipinski definition) is 4. The summed E-state index contributed by atoms with van der Waals surface area (Å²) in [4.78, 5) is 19.8. The maximum atomic E-state index is 11.7. The first kappa shape index (κ1) is 11.7. The number of amides is 1. The Balaban J connectivity index is 2.13. The summed E-state index contributed by atoms with van der Waals surface area (Å²) in [6.45, 7) is 0. The van der Waals surface area contributed by atoms with Crippen molar-refractivity contribution >= 4 is 54.9 Å². The molecule has 2 aromatic rings. The monoisotopic (exact) mass is 361 g/mol. The van der Waals surface area contributed by atoms with Crippen LogP contribution in [0.3, 0.4) is 0 Å². The number of carbonyl (C=O) groups is 1. The van der Waals surface area contributed by atoms with Crippen molar-refractivity contribution in [1.29, 1.82) is 0 Å². The summed E-state index contributed by atoms with van der Waals surface area (Å²) in [5.41, 5.74) is 0. The van der Waals surface area contributed by atoms with Crippen LogP contribution >= 0.6 is 43.2 Å². The molecule has 0 radical (unpaired) electrons. The lowest BCUT2D eigenvalue weighted by atomic mass is 10.4. The Hall–Kier alpha value is -0.790. The van der Waals surface area contributed by atoms with Crippen LogP contribution in [0.25, 0.3) is 0 Å². The molecule has 0 atom stereocenters. The molecule has 0 spiro atoms. The molecular weight excluding hydrogens is 358 g/mol. The van der Waals surface area contributed by atoms with E-state index in [0.29, 0.717) is 20.0 Å². The molecule has 0 aliphatic heterocycles. The van der Waals surface area contributed by atoms with Crippen molar-refractivity contribution < 1.29 is 4.79 Å².